The molecule has 3 N–H and O–H groups in total. The third-order valence-electron chi connectivity index (χ3n) is 4.48. The monoisotopic (exact) mass is 317 g/mol. The van der Waals surface area contributed by atoms with Gasteiger partial charge in [0.25, 0.3) is 0 Å². The van der Waals surface area contributed by atoms with E-state index in [0.29, 0.717) is 13.2 Å². The largest absolute Gasteiger partial charge is 0.508 e. The molecule has 0 saturated carbocycles. The Bertz CT molecular complexity index is 663. The van der Waals surface area contributed by atoms with Crippen LogP contribution in [-0.4, -0.2) is 51.1 Å². The van der Waals surface area contributed by atoms with Crippen molar-refractivity contribution in [2.75, 3.05) is 6.61 Å². The number of nitrogens with one attached hydrogen (secondary N) is 1. The maximum atomic E-state index is 10.8. The molecular weight excluding hydrogens is 298 g/mol. The predicted molar refractivity (Wildman–Crippen MR) is 80.6 cm³/mol. The van der Waals surface area contributed by atoms with E-state index in [4.69, 9.17) is 9.47 Å². The summed E-state index contributed by atoms with van der Waals surface area (Å²) in [6, 6.07) is 8.24. The van der Waals surface area contributed by atoms with Gasteiger partial charge in [0.15, 0.2) is 6.29 Å². The highest BCUT2D eigenvalue weighted by Crippen LogP contribution is 2.35. The lowest BCUT2D eigenvalue weighted by molar-refractivity contribution is -0.168. The Morgan fingerprint density at radius 3 is 2.96 bits per heavy atom. The number of aromatic hydroxyl groups is 1. The second-order valence-corrected chi connectivity index (χ2v) is 5.88. The Hall–Kier alpha value is -1.93. The lowest BCUT2D eigenvalue weighted by Crippen LogP contribution is -2.57. The minimum Gasteiger partial charge on any atom is -0.508 e. The number of phenols is 1. The first-order valence-corrected chi connectivity index (χ1v) is 7.68. The van der Waals surface area contributed by atoms with Gasteiger partial charge in [0.05, 0.1) is 18.8 Å². The second kappa shape index (κ2) is 5.93. The van der Waals surface area contributed by atoms with Crippen molar-refractivity contribution in [1.29, 1.82) is 0 Å². The van der Waals surface area contributed by atoms with Gasteiger partial charge in [-0.15, -0.1) is 0 Å². The molecule has 0 amide bonds. The van der Waals surface area contributed by atoms with Gasteiger partial charge in [-0.1, -0.05) is 18.2 Å². The van der Waals surface area contributed by atoms with Crippen LogP contribution in [0.15, 0.2) is 42.7 Å². The molecule has 3 heterocycles. The van der Waals surface area contributed by atoms with Crippen molar-refractivity contribution in [1.82, 2.24) is 15.1 Å². The van der Waals surface area contributed by atoms with Crippen molar-refractivity contribution in [3.63, 3.8) is 0 Å². The summed E-state index contributed by atoms with van der Waals surface area (Å²) in [5.41, 5.74) is 0.774. The molecule has 0 unspecified atom stereocenters. The third kappa shape index (κ3) is 2.61. The fourth-order valence-corrected chi connectivity index (χ4v) is 3.28. The van der Waals surface area contributed by atoms with Gasteiger partial charge in [-0.25, -0.2) is 0 Å². The lowest BCUT2D eigenvalue weighted by atomic mass is 9.96. The molecule has 122 valence electrons. The molecule has 0 aliphatic carbocycles. The SMILES string of the molecule is Oc1ccccc1CN[C@H]1[C@H](O)[C@@H](n2cccn2)[C@@H]2OC[C@H]1O2. The van der Waals surface area contributed by atoms with Gasteiger partial charge in [-0.3, -0.25) is 4.68 Å². The number of nitrogens with zero attached hydrogens (tertiary/aromatic N) is 2. The van der Waals surface area contributed by atoms with E-state index in [0.717, 1.165) is 5.56 Å². The van der Waals surface area contributed by atoms with Crippen LogP contribution in [0.25, 0.3) is 0 Å². The Morgan fingerprint density at radius 1 is 1.30 bits per heavy atom. The Balaban J connectivity index is 1.52. The molecule has 2 fully saturated rings. The van der Waals surface area contributed by atoms with E-state index in [1.807, 2.05) is 12.1 Å². The summed E-state index contributed by atoms with van der Waals surface area (Å²) in [6.07, 6.45) is 2.05. The fraction of sp³-hybridized carbons (Fsp3) is 0.438. The first kappa shape index (κ1) is 14.6. The average Bonchev–Trinajstić information content (AvgIpc) is 3.21. The molecule has 2 aliphatic heterocycles. The number of aromatic nitrogens is 2. The van der Waals surface area contributed by atoms with E-state index in [1.165, 1.54) is 0 Å². The van der Waals surface area contributed by atoms with Crippen LogP contribution in [0.3, 0.4) is 0 Å². The molecule has 0 spiro atoms. The van der Waals surface area contributed by atoms with Crippen LogP contribution in [0, 0.1) is 0 Å². The van der Waals surface area contributed by atoms with Gasteiger partial charge in [0, 0.05) is 24.5 Å². The van der Waals surface area contributed by atoms with Gasteiger partial charge in [-0.05, 0) is 12.1 Å². The first-order valence-electron chi connectivity index (χ1n) is 7.68. The Morgan fingerprint density at radius 2 is 2.17 bits per heavy atom. The van der Waals surface area contributed by atoms with Crippen LogP contribution in [0.2, 0.25) is 0 Å². The highest BCUT2D eigenvalue weighted by molar-refractivity contribution is 5.31. The molecule has 1 aromatic heterocycles. The lowest BCUT2D eigenvalue weighted by Gasteiger charge is -2.38. The van der Waals surface area contributed by atoms with E-state index in [-0.39, 0.29) is 17.9 Å². The topological polar surface area (TPSA) is 88.8 Å². The minimum absolute atomic E-state index is 0.215. The molecule has 5 atom stereocenters. The van der Waals surface area contributed by atoms with E-state index in [2.05, 4.69) is 10.4 Å². The normalized spacial score (nSPS) is 33.0. The van der Waals surface area contributed by atoms with Crippen LogP contribution < -0.4 is 5.32 Å². The second-order valence-electron chi connectivity index (χ2n) is 5.88. The van der Waals surface area contributed by atoms with Gasteiger partial charge < -0.3 is 25.0 Å². The summed E-state index contributed by atoms with van der Waals surface area (Å²) in [5.74, 6) is 0.232. The van der Waals surface area contributed by atoms with E-state index >= 15 is 0 Å². The molecule has 1 aromatic carbocycles. The molecule has 2 aliphatic rings. The van der Waals surface area contributed by atoms with Crippen molar-refractivity contribution in [3.05, 3.63) is 48.3 Å². The molecule has 2 saturated heterocycles. The third-order valence-corrected chi connectivity index (χ3v) is 4.48. The number of rotatable bonds is 4. The smallest absolute Gasteiger partial charge is 0.183 e. The van der Waals surface area contributed by atoms with Crippen molar-refractivity contribution in [2.24, 2.45) is 0 Å². The molecular formula is C16H19N3O4. The number of ether oxygens (including phenoxy) is 2. The highest BCUT2D eigenvalue weighted by Gasteiger charge is 2.51. The van der Waals surface area contributed by atoms with Crippen LogP contribution >= 0.6 is 0 Å². The van der Waals surface area contributed by atoms with Crippen LogP contribution in [0.4, 0.5) is 0 Å². The van der Waals surface area contributed by atoms with E-state index in [9.17, 15) is 10.2 Å². The van der Waals surface area contributed by atoms with Gasteiger partial charge in [0.1, 0.15) is 17.9 Å². The number of hydrogen-bond donors (Lipinski definition) is 3. The summed E-state index contributed by atoms with van der Waals surface area (Å²) < 4.78 is 13.2. The fourth-order valence-electron chi connectivity index (χ4n) is 3.28. The maximum Gasteiger partial charge on any atom is 0.183 e. The molecule has 2 aromatic rings. The summed E-state index contributed by atoms with van der Waals surface area (Å²) in [6.45, 7) is 0.864. The van der Waals surface area contributed by atoms with E-state index in [1.54, 1.807) is 35.3 Å². The first-order chi connectivity index (χ1) is 11.2. The molecule has 7 heteroatoms. The number of benzene rings is 1. The summed E-state index contributed by atoms with van der Waals surface area (Å²) >= 11 is 0. The molecule has 0 radical (unpaired) electrons. The van der Waals surface area contributed by atoms with Crippen LogP contribution in [0.1, 0.15) is 11.6 Å². The Labute approximate surface area is 133 Å². The number of para-hydroxylation sites is 1. The molecule has 4 rings (SSSR count). The summed E-state index contributed by atoms with van der Waals surface area (Å²) in [7, 11) is 0. The maximum absolute atomic E-state index is 10.8. The highest BCUT2D eigenvalue weighted by atomic mass is 16.7. The van der Waals surface area contributed by atoms with Crippen molar-refractivity contribution < 1.29 is 19.7 Å². The molecule has 7 nitrogen and oxygen atoms in total. The number of hydrogen-bond acceptors (Lipinski definition) is 6. The zero-order valence-corrected chi connectivity index (χ0v) is 12.4. The van der Waals surface area contributed by atoms with Crippen LogP contribution in [0.5, 0.6) is 5.75 Å². The van der Waals surface area contributed by atoms with Gasteiger partial charge in [-0.2, -0.15) is 5.10 Å². The number of fused-ring (bicyclic) bond motifs is 2. The van der Waals surface area contributed by atoms with Crippen LogP contribution in [-0.2, 0) is 16.0 Å². The van der Waals surface area contributed by atoms with Gasteiger partial charge in [0.2, 0.25) is 0 Å². The standard InChI is InChI=1S/C16H19N3O4/c20-11-5-2-1-4-10(11)8-17-13-12-9-22-16(23-12)14(15(13)21)19-7-3-6-18-19/h1-7,12-17,20-21H,8-9H2/t12-,13-,14-,15+,16-/m1/s1. The van der Waals surface area contributed by atoms with E-state index < -0.39 is 18.4 Å². The summed E-state index contributed by atoms with van der Waals surface area (Å²) in [4.78, 5) is 0. The van der Waals surface area contributed by atoms with Crippen molar-refractivity contribution in [2.45, 2.75) is 37.1 Å². The van der Waals surface area contributed by atoms with Crippen molar-refractivity contribution >= 4 is 0 Å². The quantitative estimate of drug-likeness (QED) is 0.757. The van der Waals surface area contributed by atoms with Gasteiger partial charge >= 0.3 is 0 Å². The summed E-state index contributed by atoms with van der Waals surface area (Å²) in [5, 5.41) is 28.1. The molecule has 2 bridgehead atoms. The minimum atomic E-state index is -0.702. The predicted octanol–water partition coefficient (Wildman–Crippen LogP) is 0.404. The zero-order valence-electron chi connectivity index (χ0n) is 12.4. The number of phenolic OH excluding ortho intramolecular Hbond substituents is 1. The number of aliphatic hydroxyl groups excluding tert-OH is 1. The van der Waals surface area contributed by atoms with Crippen molar-refractivity contribution in [3.8, 4) is 5.75 Å². The zero-order chi connectivity index (χ0) is 15.8. The average molecular weight is 317 g/mol. The Kier molecular flexibility index (Phi) is 3.78. The molecule has 23 heavy (non-hydrogen) atoms. The number of aliphatic hydroxyl groups is 1.